The van der Waals surface area contributed by atoms with Crippen LogP contribution in [-0.4, -0.2) is 38.1 Å². The van der Waals surface area contributed by atoms with Gasteiger partial charge in [-0.2, -0.15) is 0 Å². The van der Waals surface area contributed by atoms with Gasteiger partial charge >= 0.3 is 0 Å². The van der Waals surface area contributed by atoms with Crippen LogP contribution in [0.2, 0.25) is 0 Å². The Morgan fingerprint density at radius 3 is 2.14 bits per heavy atom. The maximum atomic E-state index is 12.6. The molecular formula is C22H25NO5S. The molecule has 0 aliphatic carbocycles. The minimum atomic E-state index is -0.0980. The number of amides is 1. The molecule has 2 heterocycles. The average Bonchev–Trinajstić information content (AvgIpc) is 2.75. The SMILES string of the molecule is CC(C)[C@@H](NC(=O)CSc1ccc2c(c1)OCCO2)c1ccc2c(c1)OCCO2. The molecule has 1 atom stereocenters. The maximum absolute atomic E-state index is 12.6. The second-order valence-corrected chi connectivity index (χ2v) is 8.34. The molecule has 2 aromatic carbocycles. The molecule has 2 aliphatic heterocycles. The zero-order valence-corrected chi connectivity index (χ0v) is 17.4. The van der Waals surface area contributed by atoms with Crippen molar-refractivity contribution in [3.05, 3.63) is 42.0 Å². The van der Waals surface area contributed by atoms with E-state index in [1.807, 2.05) is 36.4 Å². The Morgan fingerprint density at radius 1 is 0.897 bits per heavy atom. The lowest BCUT2D eigenvalue weighted by Gasteiger charge is -2.25. The maximum Gasteiger partial charge on any atom is 0.230 e. The molecule has 7 heteroatoms. The van der Waals surface area contributed by atoms with Crippen molar-refractivity contribution in [3.63, 3.8) is 0 Å². The molecule has 29 heavy (non-hydrogen) atoms. The normalized spacial score (nSPS) is 15.7. The summed E-state index contributed by atoms with van der Waals surface area (Å²) < 4.78 is 22.4. The van der Waals surface area contributed by atoms with E-state index in [4.69, 9.17) is 18.9 Å². The Labute approximate surface area is 174 Å². The predicted molar refractivity (Wildman–Crippen MR) is 111 cm³/mol. The Hall–Kier alpha value is -2.54. The van der Waals surface area contributed by atoms with E-state index in [0.29, 0.717) is 32.2 Å². The van der Waals surface area contributed by atoms with Crippen LogP contribution in [0.3, 0.4) is 0 Å². The van der Waals surface area contributed by atoms with E-state index in [1.54, 1.807) is 0 Å². The number of hydrogen-bond acceptors (Lipinski definition) is 6. The third-order valence-electron chi connectivity index (χ3n) is 4.79. The summed E-state index contributed by atoms with van der Waals surface area (Å²) in [6.07, 6.45) is 0. The molecule has 1 amide bonds. The first-order valence-corrected chi connectivity index (χ1v) is 10.8. The first-order valence-electron chi connectivity index (χ1n) is 9.81. The second kappa shape index (κ2) is 8.86. The van der Waals surface area contributed by atoms with Crippen LogP contribution in [0, 0.1) is 5.92 Å². The summed E-state index contributed by atoms with van der Waals surface area (Å²) in [6.45, 7) is 6.41. The fourth-order valence-electron chi connectivity index (χ4n) is 3.37. The summed E-state index contributed by atoms with van der Waals surface area (Å²) in [5.74, 6) is 3.52. The summed E-state index contributed by atoms with van der Waals surface area (Å²) in [7, 11) is 0. The van der Waals surface area contributed by atoms with E-state index in [0.717, 1.165) is 33.5 Å². The van der Waals surface area contributed by atoms with E-state index in [9.17, 15) is 4.79 Å². The van der Waals surface area contributed by atoms with Gasteiger partial charge in [0.05, 0.1) is 11.8 Å². The van der Waals surface area contributed by atoms with Gasteiger partial charge in [-0.3, -0.25) is 4.79 Å². The summed E-state index contributed by atoms with van der Waals surface area (Å²) in [6, 6.07) is 11.5. The Balaban J connectivity index is 1.39. The van der Waals surface area contributed by atoms with Crippen LogP contribution in [0.1, 0.15) is 25.5 Å². The lowest BCUT2D eigenvalue weighted by molar-refractivity contribution is -0.119. The van der Waals surface area contributed by atoms with Crippen molar-refractivity contribution in [3.8, 4) is 23.0 Å². The molecule has 0 radical (unpaired) electrons. The Kier molecular flexibility index (Phi) is 6.04. The largest absolute Gasteiger partial charge is 0.486 e. The van der Waals surface area contributed by atoms with Crippen LogP contribution in [0.25, 0.3) is 0 Å². The van der Waals surface area contributed by atoms with E-state index >= 15 is 0 Å². The molecule has 6 nitrogen and oxygen atoms in total. The number of carbonyl (C=O) groups excluding carboxylic acids is 1. The van der Waals surface area contributed by atoms with Gasteiger partial charge in [0.15, 0.2) is 23.0 Å². The van der Waals surface area contributed by atoms with Crippen LogP contribution >= 0.6 is 11.8 Å². The molecule has 1 N–H and O–H groups in total. The van der Waals surface area contributed by atoms with Crippen LogP contribution in [-0.2, 0) is 4.79 Å². The molecule has 0 saturated carbocycles. The lowest BCUT2D eigenvalue weighted by Crippen LogP contribution is -2.33. The van der Waals surface area contributed by atoms with E-state index in [-0.39, 0.29) is 17.9 Å². The Bertz CT molecular complexity index is 886. The average molecular weight is 416 g/mol. The molecule has 0 unspecified atom stereocenters. The summed E-state index contributed by atoms with van der Waals surface area (Å²) in [5, 5.41) is 3.16. The van der Waals surface area contributed by atoms with Gasteiger partial charge < -0.3 is 24.3 Å². The van der Waals surface area contributed by atoms with Crippen molar-refractivity contribution in [1.29, 1.82) is 0 Å². The number of hydrogen-bond donors (Lipinski definition) is 1. The fraction of sp³-hybridized carbons (Fsp3) is 0.409. The van der Waals surface area contributed by atoms with Gasteiger partial charge in [-0.05, 0) is 41.8 Å². The third kappa shape index (κ3) is 4.72. The summed E-state index contributed by atoms with van der Waals surface area (Å²) in [4.78, 5) is 13.6. The number of rotatable bonds is 6. The van der Waals surface area contributed by atoms with Gasteiger partial charge in [-0.15, -0.1) is 11.8 Å². The van der Waals surface area contributed by atoms with Crippen LogP contribution < -0.4 is 24.3 Å². The molecule has 0 bridgehead atoms. The molecule has 2 aliphatic rings. The standard InChI is InChI=1S/C22H25NO5S/c1-14(2)22(15-3-5-17-19(11-15)27-9-7-25-17)23-21(24)13-29-16-4-6-18-20(12-16)28-10-8-26-18/h3-6,11-12,14,22H,7-10,13H2,1-2H3,(H,23,24)/t22-/m1/s1. The van der Waals surface area contributed by atoms with Gasteiger partial charge in [0, 0.05) is 4.90 Å². The van der Waals surface area contributed by atoms with Gasteiger partial charge in [0.25, 0.3) is 0 Å². The highest BCUT2D eigenvalue weighted by atomic mass is 32.2. The first kappa shape index (κ1) is 19.8. The number of benzene rings is 2. The quantitative estimate of drug-likeness (QED) is 0.724. The number of fused-ring (bicyclic) bond motifs is 2. The van der Waals surface area contributed by atoms with Crippen molar-refractivity contribution in [2.24, 2.45) is 5.92 Å². The number of thioether (sulfide) groups is 1. The zero-order valence-electron chi connectivity index (χ0n) is 16.6. The van der Waals surface area contributed by atoms with E-state index < -0.39 is 0 Å². The highest BCUT2D eigenvalue weighted by molar-refractivity contribution is 8.00. The Morgan fingerprint density at radius 2 is 1.48 bits per heavy atom. The number of carbonyl (C=O) groups is 1. The molecular weight excluding hydrogens is 390 g/mol. The first-order chi connectivity index (χ1) is 14.1. The second-order valence-electron chi connectivity index (χ2n) is 7.29. The fourth-order valence-corrected chi connectivity index (χ4v) is 4.10. The summed E-state index contributed by atoms with van der Waals surface area (Å²) in [5.41, 5.74) is 1.02. The minimum Gasteiger partial charge on any atom is -0.486 e. The molecule has 0 aromatic heterocycles. The number of nitrogens with one attached hydrogen (secondary N) is 1. The predicted octanol–water partition coefficient (Wildman–Crippen LogP) is 3.83. The van der Waals surface area contributed by atoms with Crippen molar-refractivity contribution in [2.45, 2.75) is 24.8 Å². The van der Waals surface area contributed by atoms with Crippen molar-refractivity contribution < 1.29 is 23.7 Å². The monoisotopic (exact) mass is 415 g/mol. The molecule has 0 fully saturated rings. The highest BCUT2D eigenvalue weighted by Crippen LogP contribution is 2.35. The van der Waals surface area contributed by atoms with Gasteiger partial charge in [-0.25, -0.2) is 0 Å². The highest BCUT2D eigenvalue weighted by Gasteiger charge is 2.22. The molecule has 2 aromatic rings. The van der Waals surface area contributed by atoms with Gasteiger partial charge in [0.2, 0.25) is 5.91 Å². The molecule has 0 saturated heterocycles. The minimum absolute atomic E-state index is 0.0153. The van der Waals surface area contributed by atoms with E-state index in [1.165, 1.54) is 11.8 Å². The third-order valence-corrected chi connectivity index (χ3v) is 5.79. The van der Waals surface area contributed by atoms with Crippen molar-refractivity contribution >= 4 is 17.7 Å². The summed E-state index contributed by atoms with van der Waals surface area (Å²) >= 11 is 1.48. The van der Waals surface area contributed by atoms with Crippen LogP contribution in [0.4, 0.5) is 0 Å². The zero-order chi connectivity index (χ0) is 20.2. The molecule has 0 spiro atoms. The molecule has 154 valence electrons. The number of ether oxygens (including phenoxy) is 4. The van der Waals surface area contributed by atoms with Crippen molar-refractivity contribution in [2.75, 3.05) is 32.2 Å². The van der Waals surface area contributed by atoms with Gasteiger partial charge in [-0.1, -0.05) is 19.9 Å². The lowest BCUT2D eigenvalue weighted by atomic mass is 9.95. The van der Waals surface area contributed by atoms with Crippen LogP contribution in [0.15, 0.2) is 41.3 Å². The van der Waals surface area contributed by atoms with Crippen molar-refractivity contribution in [1.82, 2.24) is 5.32 Å². The van der Waals surface area contributed by atoms with Gasteiger partial charge in [0.1, 0.15) is 26.4 Å². The smallest absolute Gasteiger partial charge is 0.230 e. The van der Waals surface area contributed by atoms with E-state index in [2.05, 4.69) is 19.2 Å². The topological polar surface area (TPSA) is 66.0 Å². The van der Waals surface area contributed by atoms with Crippen LogP contribution in [0.5, 0.6) is 23.0 Å². The molecule has 4 rings (SSSR count).